The van der Waals surface area contributed by atoms with Gasteiger partial charge in [-0.25, -0.2) is 17.8 Å². The molecule has 0 unspecified atom stereocenters. The van der Waals surface area contributed by atoms with E-state index >= 15 is 0 Å². The fraction of sp³-hybridized carbons (Fsp3) is 0.167. The van der Waals surface area contributed by atoms with Crippen molar-refractivity contribution in [2.45, 2.75) is 11.1 Å². The number of halogens is 5. The maximum absolute atomic E-state index is 14.3. The summed E-state index contributed by atoms with van der Waals surface area (Å²) in [6.07, 6.45) is -3.96. The van der Waals surface area contributed by atoms with Crippen molar-refractivity contribution >= 4 is 21.4 Å². The molecule has 0 saturated carbocycles. The lowest BCUT2D eigenvalue weighted by atomic mass is 10.0. The van der Waals surface area contributed by atoms with Crippen LogP contribution in [0.4, 0.5) is 17.6 Å². The first-order chi connectivity index (χ1) is 13.4. The van der Waals surface area contributed by atoms with E-state index in [4.69, 9.17) is 16.3 Å². The Morgan fingerprint density at radius 1 is 1.10 bits per heavy atom. The van der Waals surface area contributed by atoms with Crippen LogP contribution in [0.3, 0.4) is 0 Å². The largest absolute Gasteiger partial charge is 0.495 e. The van der Waals surface area contributed by atoms with Gasteiger partial charge >= 0.3 is 6.18 Å². The number of aromatic nitrogens is 2. The summed E-state index contributed by atoms with van der Waals surface area (Å²) in [6.45, 7) is 0. The smallest absolute Gasteiger partial charge is 0.449 e. The Morgan fingerprint density at radius 3 is 2.31 bits per heavy atom. The molecule has 11 heteroatoms. The highest BCUT2D eigenvalue weighted by Crippen LogP contribution is 2.38. The first-order valence-electron chi connectivity index (χ1n) is 7.93. The summed E-state index contributed by atoms with van der Waals surface area (Å²) in [5.74, 6) is -2.16. The van der Waals surface area contributed by atoms with Gasteiger partial charge in [0.1, 0.15) is 16.5 Å². The molecule has 154 valence electrons. The second-order valence-electron chi connectivity index (χ2n) is 6.07. The summed E-state index contributed by atoms with van der Waals surface area (Å²) in [5.41, 5.74) is -0.0399. The van der Waals surface area contributed by atoms with Crippen LogP contribution in [0.2, 0.25) is 5.02 Å². The van der Waals surface area contributed by atoms with E-state index in [1.165, 1.54) is 31.4 Å². The molecular formula is C18H13ClF4N2O3S. The molecule has 0 bridgehead atoms. The molecule has 0 aliphatic carbocycles. The summed E-state index contributed by atoms with van der Waals surface area (Å²) in [4.78, 5) is 5.20. The third kappa shape index (κ3) is 4.23. The number of sulfone groups is 1. The Kier molecular flexibility index (Phi) is 5.35. The highest BCUT2D eigenvalue weighted by atomic mass is 35.5. The second kappa shape index (κ2) is 7.34. The summed E-state index contributed by atoms with van der Waals surface area (Å²) in [5, 5.41) is 0.247. The fourth-order valence-corrected chi connectivity index (χ4v) is 3.61. The number of nitrogens with one attached hydrogen (secondary N) is 1. The number of nitrogens with zero attached hydrogens (tertiary/aromatic N) is 1. The minimum absolute atomic E-state index is 0.0365. The third-order valence-electron chi connectivity index (χ3n) is 4.02. The number of H-pyrrole nitrogens is 1. The molecule has 0 aliphatic heterocycles. The van der Waals surface area contributed by atoms with E-state index in [2.05, 4.69) is 9.97 Å². The van der Waals surface area contributed by atoms with E-state index in [1.807, 2.05) is 0 Å². The first-order valence-corrected chi connectivity index (χ1v) is 10.2. The molecule has 0 spiro atoms. The van der Waals surface area contributed by atoms with Gasteiger partial charge in [-0.15, -0.1) is 0 Å². The predicted molar refractivity (Wildman–Crippen MR) is 99.1 cm³/mol. The van der Waals surface area contributed by atoms with E-state index in [9.17, 15) is 26.0 Å². The van der Waals surface area contributed by atoms with Crippen molar-refractivity contribution in [1.82, 2.24) is 9.97 Å². The van der Waals surface area contributed by atoms with Crippen LogP contribution in [-0.4, -0.2) is 31.8 Å². The SMILES string of the molecule is COc1cc(-c2[nH]c(C(F)(F)F)nc2-c2ccc(S(C)(=O)=O)c(F)c2)ccc1Cl. The maximum atomic E-state index is 14.3. The predicted octanol–water partition coefficient (Wildman–Crippen LogP) is 4.97. The van der Waals surface area contributed by atoms with Gasteiger partial charge in [0.15, 0.2) is 9.84 Å². The number of alkyl halides is 3. The molecule has 0 fully saturated rings. The molecule has 3 aromatic rings. The quantitative estimate of drug-likeness (QED) is 0.572. The molecule has 29 heavy (non-hydrogen) atoms. The van der Waals surface area contributed by atoms with Gasteiger partial charge in [-0.3, -0.25) is 0 Å². The van der Waals surface area contributed by atoms with Gasteiger partial charge in [0.2, 0.25) is 5.82 Å². The van der Waals surface area contributed by atoms with Crippen LogP contribution >= 0.6 is 11.6 Å². The monoisotopic (exact) mass is 448 g/mol. The van der Waals surface area contributed by atoms with Gasteiger partial charge in [0, 0.05) is 17.4 Å². The molecule has 0 amide bonds. The number of benzene rings is 2. The topological polar surface area (TPSA) is 72.0 Å². The Morgan fingerprint density at radius 2 is 1.76 bits per heavy atom. The summed E-state index contributed by atoms with van der Waals surface area (Å²) < 4.78 is 82.3. The Balaban J connectivity index is 2.24. The zero-order chi connectivity index (χ0) is 21.6. The molecule has 0 aliphatic rings. The lowest BCUT2D eigenvalue weighted by Crippen LogP contribution is -2.07. The zero-order valence-electron chi connectivity index (χ0n) is 14.9. The Bertz CT molecular complexity index is 1190. The molecule has 5 nitrogen and oxygen atoms in total. The standard InChI is InChI=1S/C18H13ClF4N2O3S/c1-28-13-8-10(3-5-11(13)19)16-15(24-17(25-16)18(21,22)23)9-4-6-14(12(20)7-9)29(2,26)27/h3-8H,1-2H3,(H,24,25). The second-order valence-corrected chi connectivity index (χ2v) is 8.46. The molecule has 1 aromatic heterocycles. The lowest BCUT2D eigenvalue weighted by molar-refractivity contribution is -0.144. The maximum Gasteiger partial charge on any atom is 0.449 e. The average molecular weight is 449 g/mol. The highest BCUT2D eigenvalue weighted by Gasteiger charge is 2.36. The molecule has 1 heterocycles. The number of methoxy groups -OCH3 is 1. The number of rotatable bonds is 4. The molecule has 0 saturated heterocycles. The van der Waals surface area contributed by atoms with Gasteiger partial charge in [-0.2, -0.15) is 13.2 Å². The van der Waals surface area contributed by atoms with Crippen LogP contribution in [0.25, 0.3) is 22.5 Å². The minimum Gasteiger partial charge on any atom is -0.495 e. The summed E-state index contributed by atoms with van der Waals surface area (Å²) in [7, 11) is -2.49. The normalized spacial score (nSPS) is 12.2. The van der Waals surface area contributed by atoms with Crippen LogP contribution in [-0.2, 0) is 16.0 Å². The van der Waals surface area contributed by atoms with Crippen LogP contribution in [0, 0.1) is 5.82 Å². The zero-order valence-corrected chi connectivity index (χ0v) is 16.5. The van der Waals surface area contributed by atoms with Crippen LogP contribution in [0.15, 0.2) is 41.3 Å². The first kappa shape index (κ1) is 21.1. The van der Waals surface area contributed by atoms with Crippen molar-refractivity contribution in [1.29, 1.82) is 0 Å². The van der Waals surface area contributed by atoms with Gasteiger partial charge in [0.05, 0.1) is 23.5 Å². The lowest BCUT2D eigenvalue weighted by Gasteiger charge is -2.08. The van der Waals surface area contributed by atoms with E-state index < -0.39 is 32.6 Å². The van der Waals surface area contributed by atoms with Crippen molar-refractivity contribution in [2.24, 2.45) is 0 Å². The van der Waals surface area contributed by atoms with E-state index in [0.29, 0.717) is 0 Å². The molecule has 0 atom stereocenters. The minimum atomic E-state index is -4.78. The van der Waals surface area contributed by atoms with Gasteiger partial charge < -0.3 is 9.72 Å². The number of aromatic amines is 1. The number of hydrogen-bond donors (Lipinski definition) is 1. The van der Waals surface area contributed by atoms with E-state index in [-0.39, 0.29) is 33.3 Å². The molecule has 3 rings (SSSR count). The van der Waals surface area contributed by atoms with Crippen molar-refractivity contribution in [3.05, 3.63) is 53.1 Å². The fourth-order valence-electron chi connectivity index (χ4n) is 2.69. The van der Waals surface area contributed by atoms with Crippen LogP contribution < -0.4 is 4.74 Å². The number of imidazole rings is 1. The van der Waals surface area contributed by atoms with Gasteiger partial charge in [-0.05, 0) is 24.3 Å². The number of ether oxygens (including phenoxy) is 1. The Labute approximate surface area is 168 Å². The Hall–Kier alpha value is -2.59. The van der Waals surface area contributed by atoms with Gasteiger partial charge in [-0.1, -0.05) is 23.7 Å². The van der Waals surface area contributed by atoms with Crippen molar-refractivity contribution in [2.75, 3.05) is 13.4 Å². The van der Waals surface area contributed by atoms with Crippen LogP contribution in [0.5, 0.6) is 5.75 Å². The van der Waals surface area contributed by atoms with E-state index in [1.54, 1.807) is 0 Å². The highest BCUT2D eigenvalue weighted by molar-refractivity contribution is 7.90. The van der Waals surface area contributed by atoms with Crippen molar-refractivity contribution in [3.63, 3.8) is 0 Å². The molecule has 1 N–H and O–H groups in total. The van der Waals surface area contributed by atoms with E-state index in [0.717, 1.165) is 18.4 Å². The van der Waals surface area contributed by atoms with Crippen molar-refractivity contribution in [3.8, 4) is 28.3 Å². The van der Waals surface area contributed by atoms with Crippen LogP contribution in [0.1, 0.15) is 5.82 Å². The molecule has 0 radical (unpaired) electrons. The average Bonchev–Trinajstić information content (AvgIpc) is 3.06. The summed E-state index contributed by atoms with van der Waals surface area (Å²) in [6, 6.07) is 7.27. The molecule has 2 aromatic carbocycles. The van der Waals surface area contributed by atoms with Crippen molar-refractivity contribution < 1.29 is 30.7 Å². The van der Waals surface area contributed by atoms with Gasteiger partial charge in [0.25, 0.3) is 0 Å². The summed E-state index contributed by atoms with van der Waals surface area (Å²) >= 11 is 5.96. The molecular weight excluding hydrogens is 436 g/mol. The number of hydrogen-bond acceptors (Lipinski definition) is 4. The third-order valence-corrected chi connectivity index (χ3v) is 5.46.